The van der Waals surface area contributed by atoms with Crippen molar-refractivity contribution >= 4 is 11.6 Å². The van der Waals surface area contributed by atoms with Gasteiger partial charge in [0, 0.05) is 25.8 Å². The fraction of sp³-hybridized carbons (Fsp3) is 0.316. The highest BCUT2D eigenvalue weighted by Crippen LogP contribution is 2.27. The number of carbonyl (C=O) groups excluding carboxylic acids is 1. The maximum atomic E-state index is 12.5. The highest BCUT2D eigenvalue weighted by molar-refractivity contribution is 5.82. The Morgan fingerprint density at radius 3 is 2.68 bits per heavy atom. The zero-order chi connectivity index (χ0) is 15.5. The second-order valence-electron chi connectivity index (χ2n) is 5.98. The largest absolute Gasteiger partial charge is 0.362 e. The molecule has 3 heteroatoms. The Balaban J connectivity index is 1.64. The number of rotatable bonds is 4. The Bertz CT molecular complexity index is 681. The van der Waals surface area contributed by atoms with E-state index in [1.807, 2.05) is 30.1 Å². The van der Waals surface area contributed by atoms with Gasteiger partial charge in [-0.05, 0) is 36.1 Å². The summed E-state index contributed by atoms with van der Waals surface area (Å²) in [4.78, 5) is 16.5. The lowest BCUT2D eigenvalue weighted by Crippen LogP contribution is -2.37. The van der Waals surface area contributed by atoms with E-state index in [-0.39, 0.29) is 5.91 Å². The molecular formula is C19H22N2O. The number of aryl methyl sites for hydroxylation is 1. The van der Waals surface area contributed by atoms with Crippen LogP contribution in [0.1, 0.15) is 16.7 Å². The summed E-state index contributed by atoms with van der Waals surface area (Å²) in [6, 6.07) is 16.6. The van der Waals surface area contributed by atoms with Crippen molar-refractivity contribution in [3.05, 3.63) is 65.2 Å². The van der Waals surface area contributed by atoms with Crippen LogP contribution in [0.2, 0.25) is 0 Å². The van der Waals surface area contributed by atoms with E-state index in [9.17, 15) is 4.79 Å². The first-order valence-electron chi connectivity index (χ1n) is 7.76. The predicted molar refractivity (Wildman–Crippen MR) is 90.0 cm³/mol. The molecule has 0 fully saturated rings. The molecule has 114 valence electrons. The second-order valence-corrected chi connectivity index (χ2v) is 5.98. The molecule has 2 aromatic carbocycles. The molecule has 0 N–H and O–H groups in total. The van der Waals surface area contributed by atoms with Gasteiger partial charge >= 0.3 is 0 Å². The lowest BCUT2D eigenvalue weighted by Gasteiger charge is -2.24. The van der Waals surface area contributed by atoms with Crippen molar-refractivity contribution < 1.29 is 4.79 Å². The molecule has 0 atom stereocenters. The van der Waals surface area contributed by atoms with Crippen molar-refractivity contribution in [2.45, 2.75) is 19.9 Å². The summed E-state index contributed by atoms with van der Waals surface area (Å²) in [6.07, 6.45) is 1.03. The number of anilines is 1. The zero-order valence-electron chi connectivity index (χ0n) is 13.2. The van der Waals surface area contributed by atoms with Gasteiger partial charge in [0.05, 0.1) is 6.54 Å². The molecule has 3 nitrogen and oxygen atoms in total. The summed E-state index contributed by atoms with van der Waals surface area (Å²) in [5.41, 5.74) is 4.99. The third kappa shape index (κ3) is 2.98. The molecule has 3 rings (SSSR count). The monoisotopic (exact) mass is 294 g/mol. The van der Waals surface area contributed by atoms with Crippen LogP contribution in [0, 0.1) is 6.92 Å². The number of fused-ring (bicyclic) bond motifs is 1. The number of nitrogens with zero attached hydrogens (tertiary/aromatic N) is 2. The van der Waals surface area contributed by atoms with Gasteiger partial charge in [0.15, 0.2) is 0 Å². The minimum absolute atomic E-state index is 0.167. The molecule has 0 bridgehead atoms. The Hall–Kier alpha value is -2.29. The van der Waals surface area contributed by atoms with Crippen LogP contribution < -0.4 is 4.90 Å². The zero-order valence-corrected chi connectivity index (χ0v) is 13.2. The number of hydrogen-bond acceptors (Lipinski definition) is 2. The molecule has 0 radical (unpaired) electrons. The quantitative estimate of drug-likeness (QED) is 0.865. The van der Waals surface area contributed by atoms with E-state index in [1.165, 1.54) is 22.4 Å². The summed E-state index contributed by atoms with van der Waals surface area (Å²) >= 11 is 0. The summed E-state index contributed by atoms with van der Waals surface area (Å²) < 4.78 is 0. The smallest absolute Gasteiger partial charge is 0.242 e. The van der Waals surface area contributed by atoms with Gasteiger partial charge in [-0.1, -0.05) is 42.5 Å². The molecule has 1 aliphatic rings. The molecule has 22 heavy (non-hydrogen) atoms. The van der Waals surface area contributed by atoms with Crippen LogP contribution in [0.3, 0.4) is 0 Å². The fourth-order valence-electron chi connectivity index (χ4n) is 2.99. The molecule has 0 spiro atoms. The lowest BCUT2D eigenvalue weighted by atomic mass is 10.1. The minimum Gasteiger partial charge on any atom is -0.362 e. The fourth-order valence-corrected chi connectivity index (χ4v) is 2.99. The average molecular weight is 294 g/mol. The highest BCUT2D eigenvalue weighted by Gasteiger charge is 2.22. The number of benzene rings is 2. The van der Waals surface area contributed by atoms with Crippen molar-refractivity contribution in [3.8, 4) is 0 Å². The third-order valence-electron chi connectivity index (χ3n) is 4.40. The van der Waals surface area contributed by atoms with E-state index in [0.29, 0.717) is 13.1 Å². The Morgan fingerprint density at radius 1 is 1.14 bits per heavy atom. The number of hydrogen-bond donors (Lipinski definition) is 0. The molecule has 1 amide bonds. The van der Waals surface area contributed by atoms with Crippen LogP contribution in [-0.2, 0) is 17.8 Å². The third-order valence-corrected chi connectivity index (χ3v) is 4.40. The van der Waals surface area contributed by atoms with Crippen LogP contribution >= 0.6 is 0 Å². The second kappa shape index (κ2) is 6.22. The maximum absolute atomic E-state index is 12.5. The van der Waals surface area contributed by atoms with Crippen molar-refractivity contribution in [1.29, 1.82) is 0 Å². The summed E-state index contributed by atoms with van der Waals surface area (Å²) in [5.74, 6) is 0.167. The van der Waals surface area contributed by atoms with E-state index in [2.05, 4.69) is 42.2 Å². The van der Waals surface area contributed by atoms with Gasteiger partial charge in [0.25, 0.3) is 0 Å². The predicted octanol–water partition coefficient (Wildman–Crippen LogP) is 3.02. The van der Waals surface area contributed by atoms with Crippen LogP contribution in [0.4, 0.5) is 5.69 Å². The van der Waals surface area contributed by atoms with Crippen LogP contribution in [-0.4, -0.2) is 30.9 Å². The Morgan fingerprint density at radius 2 is 1.86 bits per heavy atom. The molecule has 1 aliphatic heterocycles. The first kappa shape index (κ1) is 14.6. The highest BCUT2D eigenvalue weighted by atomic mass is 16.2. The normalized spacial score (nSPS) is 13.1. The van der Waals surface area contributed by atoms with E-state index < -0.39 is 0 Å². The van der Waals surface area contributed by atoms with Crippen LogP contribution in [0.5, 0.6) is 0 Å². The van der Waals surface area contributed by atoms with Crippen molar-refractivity contribution in [2.24, 2.45) is 0 Å². The van der Waals surface area contributed by atoms with Gasteiger partial charge in [-0.15, -0.1) is 0 Å². The summed E-state index contributed by atoms with van der Waals surface area (Å²) in [5, 5.41) is 0. The van der Waals surface area contributed by atoms with E-state index in [1.54, 1.807) is 0 Å². The van der Waals surface area contributed by atoms with Gasteiger partial charge < -0.3 is 9.80 Å². The number of amides is 1. The van der Waals surface area contributed by atoms with Crippen LogP contribution in [0.15, 0.2) is 48.5 Å². The standard InChI is InChI=1S/C19H22N2O/c1-15-7-3-4-9-17(15)13-20(2)19(22)14-21-12-11-16-8-5-6-10-18(16)21/h3-10H,11-14H2,1-2H3. The van der Waals surface area contributed by atoms with Gasteiger partial charge in [-0.3, -0.25) is 4.79 Å². The molecule has 1 heterocycles. The number of para-hydroxylation sites is 1. The van der Waals surface area contributed by atoms with Gasteiger partial charge in [-0.25, -0.2) is 0 Å². The van der Waals surface area contributed by atoms with Gasteiger partial charge in [-0.2, -0.15) is 0 Å². The van der Waals surface area contributed by atoms with Crippen molar-refractivity contribution in [3.63, 3.8) is 0 Å². The lowest BCUT2D eigenvalue weighted by molar-refractivity contribution is -0.128. The minimum atomic E-state index is 0.167. The number of carbonyl (C=O) groups is 1. The average Bonchev–Trinajstić information content (AvgIpc) is 2.93. The SMILES string of the molecule is Cc1ccccc1CN(C)C(=O)CN1CCc2ccccc21. The molecule has 0 saturated carbocycles. The van der Waals surface area contributed by atoms with Crippen molar-refractivity contribution in [2.75, 3.05) is 25.0 Å². The molecule has 0 aromatic heterocycles. The molecule has 0 unspecified atom stereocenters. The van der Waals surface area contributed by atoms with E-state index in [4.69, 9.17) is 0 Å². The first-order valence-corrected chi connectivity index (χ1v) is 7.76. The maximum Gasteiger partial charge on any atom is 0.242 e. The summed E-state index contributed by atoms with van der Waals surface area (Å²) in [7, 11) is 1.89. The molecular weight excluding hydrogens is 272 g/mol. The van der Waals surface area contributed by atoms with Crippen LogP contribution in [0.25, 0.3) is 0 Å². The van der Waals surface area contributed by atoms with Crippen molar-refractivity contribution in [1.82, 2.24) is 4.90 Å². The molecule has 2 aromatic rings. The van der Waals surface area contributed by atoms with E-state index in [0.717, 1.165) is 13.0 Å². The van der Waals surface area contributed by atoms with E-state index >= 15 is 0 Å². The van der Waals surface area contributed by atoms with Gasteiger partial charge in [0.2, 0.25) is 5.91 Å². The molecule has 0 saturated heterocycles. The topological polar surface area (TPSA) is 23.6 Å². The molecule has 0 aliphatic carbocycles. The number of likely N-dealkylation sites (N-methyl/N-ethyl adjacent to an activating group) is 1. The van der Waals surface area contributed by atoms with Gasteiger partial charge in [0.1, 0.15) is 0 Å². The Kier molecular flexibility index (Phi) is 4.14. The Labute approximate surface area is 132 Å². The summed E-state index contributed by atoms with van der Waals surface area (Å²) in [6.45, 7) is 4.15. The first-order chi connectivity index (χ1) is 10.6.